The van der Waals surface area contributed by atoms with Crippen LogP contribution < -0.4 is 5.73 Å². The molecular weight excluding hydrogens is 150 g/mol. The summed E-state index contributed by atoms with van der Waals surface area (Å²) in [5, 5.41) is 10.1. The van der Waals surface area contributed by atoms with Gasteiger partial charge in [0.1, 0.15) is 0 Å². The lowest BCUT2D eigenvalue weighted by atomic mass is 9.75. The van der Waals surface area contributed by atoms with Crippen LogP contribution in [0.4, 0.5) is 0 Å². The van der Waals surface area contributed by atoms with E-state index < -0.39 is 5.60 Å². The van der Waals surface area contributed by atoms with E-state index >= 15 is 0 Å². The van der Waals surface area contributed by atoms with Gasteiger partial charge in [-0.2, -0.15) is 0 Å². The Morgan fingerprint density at radius 2 is 1.92 bits per heavy atom. The van der Waals surface area contributed by atoms with Crippen LogP contribution in [-0.4, -0.2) is 17.3 Å². The minimum absolute atomic E-state index is 0.425. The lowest BCUT2D eigenvalue weighted by molar-refractivity contribution is -0.0281. The predicted octanol–water partition coefficient (Wildman–Crippen LogP) is 1.67. The van der Waals surface area contributed by atoms with Crippen molar-refractivity contribution >= 4 is 0 Å². The van der Waals surface area contributed by atoms with Gasteiger partial charge in [0, 0.05) is 6.54 Å². The van der Waals surface area contributed by atoms with E-state index in [2.05, 4.69) is 0 Å². The Morgan fingerprint density at radius 3 is 2.33 bits per heavy atom. The Kier molecular flexibility index (Phi) is 3.53. The molecule has 1 atom stereocenters. The zero-order valence-corrected chi connectivity index (χ0v) is 8.05. The van der Waals surface area contributed by atoms with Gasteiger partial charge in [-0.15, -0.1) is 0 Å². The predicted molar refractivity (Wildman–Crippen MR) is 50.9 cm³/mol. The van der Waals surface area contributed by atoms with E-state index in [0.717, 1.165) is 6.42 Å². The summed E-state index contributed by atoms with van der Waals surface area (Å²) in [7, 11) is 0. The number of rotatable bonds is 3. The van der Waals surface area contributed by atoms with Gasteiger partial charge in [0.15, 0.2) is 0 Å². The molecule has 1 aliphatic rings. The summed E-state index contributed by atoms with van der Waals surface area (Å²) in [6.07, 6.45) is 7.01. The number of hydrogen-bond donors (Lipinski definition) is 2. The quantitative estimate of drug-likeness (QED) is 0.678. The second-order valence-corrected chi connectivity index (χ2v) is 4.00. The highest BCUT2D eigenvalue weighted by atomic mass is 16.3. The van der Waals surface area contributed by atoms with Crippen LogP contribution in [0.15, 0.2) is 0 Å². The highest BCUT2D eigenvalue weighted by Gasteiger charge is 2.33. The van der Waals surface area contributed by atoms with Crippen LogP contribution in [0.3, 0.4) is 0 Å². The van der Waals surface area contributed by atoms with Gasteiger partial charge in [0.2, 0.25) is 0 Å². The molecule has 0 bridgehead atoms. The van der Waals surface area contributed by atoms with Gasteiger partial charge >= 0.3 is 0 Å². The van der Waals surface area contributed by atoms with E-state index in [1.165, 1.54) is 32.1 Å². The van der Waals surface area contributed by atoms with Crippen LogP contribution in [0.5, 0.6) is 0 Å². The summed E-state index contributed by atoms with van der Waals surface area (Å²) >= 11 is 0. The van der Waals surface area contributed by atoms with Crippen LogP contribution in [0.2, 0.25) is 0 Å². The van der Waals surface area contributed by atoms with Gasteiger partial charge in [-0.3, -0.25) is 0 Å². The normalized spacial score (nSPS) is 25.2. The lowest BCUT2D eigenvalue weighted by Gasteiger charge is -2.36. The summed E-state index contributed by atoms with van der Waals surface area (Å²) in [4.78, 5) is 0. The fourth-order valence-corrected chi connectivity index (χ4v) is 2.24. The third-order valence-electron chi connectivity index (χ3n) is 3.33. The van der Waals surface area contributed by atoms with Gasteiger partial charge < -0.3 is 10.8 Å². The van der Waals surface area contributed by atoms with E-state index in [9.17, 15) is 5.11 Å². The first-order valence-electron chi connectivity index (χ1n) is 5.15. The van der Waals surface area contributed by atoms with Crippen molar-refractivity contribution in [3.63, 3.8) is 0 Å². The Hall–Kier alpha value is -0.0800. The van der Waals surface area contributed by atoms with Crippen molar-refractivity contribution in [2.45, 2.75) is 51.0 Å². The van der Waals surface area contributed by atoms with E-state index in [1.54, 1.807) is 0 Å². The Morgan fingerprint density at radius 1 is 1.33 bits per heavy atom. The maximum Gasteiger partial charge on any atom is 0.0794 e. The fraction of sp³-hybridized carbons (Fsp3) is 1.00. The number of aliphatic hydroxyl groups is 1. The molecule has 3 N–H and O–H groups in total. The maximum absolute atomic E-state index is 10.1. The molecule has 0 aromatic rings. The summed E-state index contributed by atoms with van der Waals surface area (Å²) in [5.74, 6) is 0.459. The molecule has 0 aliphatic heterocycles. The van der Waals surface area contributed by atoms with Crippen molar-refractivity contribution in [3.05, 3.63) is 0 Å². The first-order valence-corrected chi connectivity index (χ1v) is 5.15. The van der Waals surface area contributed by atoms with Gasteiger partial charge in [-0.25, -0.2) is 0 Å². The molecule has 0 amide bonds. The highest BCUT2D eigenvalue weighted by Crippen LogP contribution is 2.33. The van der Waals surface area contributed by atoms with Crippen molar-refractivity contribution in [1.82, 2.24) is 0 Å². The Balaban J connectivity index is 2.51. The maximum atomic E-state index is 10.1. The first kappa shape index (κ1) is 10.0. The molecule has 2 heteroatoms. The molecule has 1 saturated carbocycles. The standard InChI is InChI=1S/C10H21NO/c1-2-10(12,8-11)9-6-4-3-5-7-9/h9,12H,2-8,11H2,1H3. The molecule has 72 valence electrons. The average Bonchev–Trinajstić information content (AvgIpc) is 2.18. The number of hydrogen-bond acceptors (Lipinski definition) is 2. The summed E-state index contributed by atoms with van der Waals surface area (Å²) < 4.78 is 0. The van der Waals surface area contributed by atoms with Crippen LogP contribution in [-0.2, 0) is 0 Å². The monoisotopic (exact) mass is 171 g/mol. The summed E-state index contributed by atoms with van der Waals surface area (Å²) in [6, 6.07) is 0. The van der Waals surface area contributed by atoms with E-state index in [-0.39, 0.29) is 0 Å². The molecule has 0 aromatic carbocycles. The van der Waals surface area contributed by atoms with E-state index in [4.69, 9.17) is 5.73 Å². The molecule has 0 aromatic heterocycles. The largest absolute Gasteiger partial charge is 0.388 e. The van der Waals surface area contributed by atoms with Crippen LogP contribution in [0.25, 0.3) is 0 Å². The van der Waals surface area contributed by atoms with E-state index in [0.29, 0.717) is 12.5 Å². The van der Waals surface area contributed by atoms with Crippen molar-refractivity contribution in [2.75, 3.05) is 6.54 Å². The Labute approximate surface area is 75.2 Å². The molecule has 2 nitrogen and oxygen atoms in total. The smallest absolute Gasteiger partial charge is 0.0794 e. The second-order valence-electron chi connectivity index (χ2n) is 4.00. The van der Waals surface area contributed by atoms with Crippen LogP contribution >= 0.6 is 0 Å². The second kappa shape index (κ2) is 4.24. The first-order chi connectivity index (χ1) is 5.73. The fourth-order valence-electron chi connectivity index (χ4n) is 2.24. The minimum atomic E-state index is -0.569. The molecule has 1 unspecified atom stereocenters. The topological polar surface area (TPSA) is 46.2 Å². The molecule has 12 heavy (non-hydrogen) atoms. The van der Waals surface area contributed by atoms with Gasteiger partial charge in [-0.1, -0.05) is 26.2 Å². The SMILES string of the molecule is CCC(O)(CN)C1CCCCC1. The summed E-state index contributed by atoms with van der Waals surface area (Å²) in [6.45, 7) is 2.45. The van der Waals surface area contributed by atoms with Gasteiger partial charge in [0.05, 0.1) is 5.60 Å². The zero-order valence-electron chi connectivity index (χ0n) is 8.05. The molecule has 1 rings (SSSR count). The third kappa shape index (κ3) is 1.99. The van der Waals surface area contributed by atoms with Crippen molar-refractivity contribution in [2.24, 2.45) is 11.7 Å². The van der Waals surface area contributed by atoms with Crippen molar-refractivity contribution < 1.29 is 5.11 Å². The average molecular weight is 171 g/mol. The molecular formula is C10H21NO. The van der Waals surface area contributed by atoms with Crippen LogP contribution in [0.1, 0.15) is 45.4 Å². The van der Waals surface area contributed by atoms with Gasteiger partial charge in [-0.05, 0) is 25.2 Å². The molecule has 0 spiro atoms. The zero-order chi connectivity index (χ0) is 9.03. The highest BCUT2D eigenvalue weighted by molar-refractivity contribution is 4.87. The van der Waals surface area contributed by atoms with E-state index in [1.807, 2.05) is 6.92 Å². The summed E-state index contributed by atoms with van der Waals surface area (Å²) in [5.41, 5.74) is 5.03. The van der Waals surface area contributed by atoms with Crippen molar-refractivity contribution in [3.8, 4) is 0 Å². The lowest BCUT2D eigenvalue weighted by Crippen LogP contribution is -2.45. The van der Waals surface area contributed by atoms with Crippen molar-refractivity contribution in [1.29, 1.82) is 0 Å². The Bertz CT molecular complexity index is 126. The molecule has 0 heterocycles. The third-order valence-corrected chi connectivity index (χ3v) is 3.33. The van der Waals surface area contributed by atoms with Gasteiger partial charge in [0.25, 0.3) is 0 Å². The molecule has 1 fully saturated rings. The van der Waals surface area contributed by atoms with Crippen LogP contribution in [0, 0.1) is 5.92 Å². The molecule has 1 aliphatic carbocycles. The number of nitrogens with two attached hydrogens (primary N) is 1. The minimum Gasteiger partial charge on any atom is -0.388 e. The molecule has 0 radical (unpaired) electrons. The molecule has 0 saturated heterocycles.